The number of nitrogens with one attached hydrogen (secondary N) is 2. The Kier molecular flexibility index (Phi) is 5.32. The molecule has 0 saturated heterocycles. The number of aryl methyl sites for hydroxylation is 1. The van der Waals surface area contributed by atoms with Crippen molar-refractivity contribution in [2.45, 2.75) is 29.7 Å². The van der Waals surface area contributed by atoms with Crippen LogP contribution in [0.1, 0.15) is 18.1 Å². The number of rotatable bonds is 6. The Morgan fingerprint density at radius 2 is 1.52 bits per heavy atom. The molecule has 0 fully saturated rings. The van der Waals surface area contributed by atoms with Crippen LogP contribution in [0.2, 0.25) is 0 Å². The second-order valence-electron chi connectivity index (χ2n) is 6.91. The third-order valence-electron chi connectivity index (χ3n) is 5.05. The van der Waals surface area contributed by atoms with Crippen LogP contribution in [0.25, 0.3) is 10.9 Å². The van der Waals surface area contributed by atoms with Gasteiger partial charge in [0.25, 0.3) is 0 Å². The van der Waals surface area contributed by atoms with Gasteiger partial charge in [0.1, 0.15) is 0 Å². The van der Waals surface area contributed by atoms with Crippen molar-refractivity contribution >= 4 is 26.4 Å². The number of benzene rings is 3. The van der Waals surface area contributed by atoms with Crippen molar-refractivity contribution < 1.29 is 13.4 Å². The number of H-pyrrole nitrogens is 1. The molecule has 0 aliphatic carbocycles. The minimum atomic E-state index is -3.68. The highest BCUT2D eigenvalue weighted by atomic mass is 32.2. The molecule has 29 heavy (non-hydrogen) atoms. The van der Waals surface area contributed by atoms with Gasteiger partial charge in [-0.2, -0.15) is 0 Å². The molecule has 0 unspecified atom stereocenters. The van der Waals surface area contributed by atoms with Gasteiger partial charge < -0.3 is 5.32 Å². The van der Waals surface area contributed by atoms with Gasteiger partial charge in [-0.3, -0.25) is 0 Å². The molecule has 0 aliphatic heterocycles. The van der Waals surface area contributed by atoms with Gasteiger partial charge in [0.05, 0.1) is 16.0 Å². The fourth-order valence-electron chi connectivity index (χ4n) is 3.39. The number of hydrogen-bond acceptors (Lipinski definition) is 3. The molecule has 5 heteroatoms. The first-order valence-corrected chi connectivity index (χ1v) is 11.1. The van der Waals surface area contributed by atoms with Crippen LogP contribution in [0.15, 0.2) is 94.9 Å². The van der Waals surface area contributed by atoms with Crippen molar-refractivity contribution in [3.8, 4) is 0 Å². The van der Waals surface area contributed by atoms with E-state index in [1.165, 1.54) is 0 Å². The van der Waals surface area contributed by atoms with Gasteiger partial charge in [-0.15, -0.1) is 0 Å². The zero-order chi connectivity index (χ0) is 20.3. The molecule has 0 atom stereocenters. The van der Waals surface area contributed by atoms with Crippen LogP contribution in [0.4, 0.5) is 5.69 Å². The maximum atomic E-state index is 13.4. The summed E-state index contributed by atoms with van der Waals surface area (Å²) in [6.45, 7) is 2.58. The van der Waals surface area contributed by atoms with E-state index in [9.17, 15) is 8.42 Å². The molecule has 0 radical (unpaired) electrons. The van der Waals surface area contributed by atoms with E-state index in [0.717, 1.165) is 28.5 Å². The molecular formula is C24H23N2O2S+. The molecule has 0 amide bonds. The standard InChI is InChI=1S/C24H22N2O2S/c1-2-18-12-14-20(15-13-18)29(27,28)23-17-25-22-11-7-6-10-21(22)24(23)26-16-19-8-4-3-5-9-19/h3-15,17H,2,16H2,1H3,(H,25,26)/p+1. The number of fused-ring (bicyclic) bond motifs is 1. The van der Waals surface area contributed by atoms with Crippen molar-refractivity contribution in [2.75, 3.05) is 5.32 Å². The van der Waals surface area contributed by atoms with Gasteiger partial charge in [0.2, 0.25) is 15.4 Å². The number of aromatic nitrogens is 1. The molecule has 4 nitrogen and oxygen atoms in total. The van der Waals surface area contributed by atoms with Gasteiger partial charge in [-0.25, -0.2) is 13.4 Å². The van der Waals surface area contributed by atoms with E-state index in [4.69, 9.17) is 0 Å². The summed E-state index contributed by atoms with van der Waals surface area (Å²) in [5.74, 6) is 0. The van der Waals surface area contributed by atoms with Crippen molar-refractivity contribution in [1.82, 2.24) is 0 Å². The van der Waals surface area contributed by atoms with E-state index in [1.54, 1.807) is 18.3 Å². The van der Waals surface area contributed by atoms with E-state index in [1.807, 2.05) is 73.7 Å². The molecule has 4 rings (SSSR count). The van der Waals surface area contributed by atoms with E-state index < -0.39 is 9.84 Å². The van der Waals surface area contributed by atoms with E-state index >= 15 is 0 Å². The van der Waals surface area contributed by atoms with Crippen LogP contribution >= 0.6 is 0 Å². The first-order valence-electron chi connectivity index (χ1n) is 9.65. The largest absolute Gasteiger partial charge is 0.379 e. The van der Waals surface area contributed by atoms with Crippen LogP contribution in [-0.2, 0) is 22.8 Å². The van der Waals surface area contributed by atoms with Gasteiger partial charge in [-0.1, -0.05) is 61.5 Å². The molecule has 0 bridgehead atoms. The highest BCUT2D eigenvalue weighted by Crippen LogP contribution is 2.32. The summed E-state index contributed by atoms with van der Waals surface area (Å²) in [7, 11) is -3.68. The predicted molar refractivity (Wildman–Crippen MR) is 116 cm³/mol. The Bertz CT molecular complexity index is 1240. The zero-order valence-corrected chi connectivity index (χ0v) is 17.0. The summed E-state index contributed by atoms with van der Waals surface area (Å²) in [5.41, 5.74) is 3.68. The van der Waals surface area contributed by atoms with E-state index in [2.05, 4.69) is 10.3 Å². The SMILES string of the molecule is CCc1ccc(S(=O)(=O)c2c[nH+]c3ccccc3c2NCc2ccccc2)cc1. The molecule has 0 spiro atoms. The Labute approximate surface area is 171 Å². The van der Waals surface area contributed by atoms with Crippen molar-refractivity contribution in [3.63, 3.8) is 0 Å². The van der Waals surface area contributed by atoms with Gasteiger partial charge in [0, 0.05) is 12.6 Å². The molecule has 3 aromatic carbocycles. The third-order valence-corrected chi connectivity index (χ3v) is 6.84. The van der Waals surface area contributed by atoms with Crippen molar-refractivity contribution in [1.29, 1.82) is 0 Å². The third kappa shape index (κ3) is 3.87. The van der Waals surface area contributed by atoms with Crippen molar-refractivity contribution in [3.05, 3.63) is 96.2 Å². The van der Waals surface area contributed by atoms with Crippen LogP contribution in [0.5, 0.6) is 0 Å². The second-order valence-corrected chi connectivity index (χ2v) is 8.83. The first kappa shape index (κ1) is 19.2. The van der Waals surface area contributed by atoms with Gasteiger partial charge in [0.15, 0.2) is 11.1 Å². The fraction of sp³-hybridized carbons (Fsp3) is 0.125. The van der Waals surface area contributed by atoms with E-state index in [0.29, 0.717) is 17.1 Å². The zero-order valence-electron chi connectivity index (χ0n) is 16.2. The van der Waals surface area contributed by atoms with Crippen LogP contribution in [0, 0.1) is 0 Å². The molecule has 2 N–H and O–H groups in total. The lowest BCUT2D eigenvalue weighted by Crippen LogP contribution is -2.14. The van der Waals surface area contributed by atoms with Crippen LogP contribution in [-0.4, -0.2) is 8.42 Å². The minimum absolute atomic E-state index is 0.247. The Hall–Kier alpha value is -3.18. The topological polar surface area (TPSA) is 60.3 Å². The molecule has 1 aromatic heterocycles. The molecule has 4 aromatic rings. The van der Waals surface area contributed by atoms with Crippen molar-refractivity contribution in [2.24, 2.45) is 0 Å². The monoisotopic (exact) mass is 403 g/mol. The normalized spacial score (nSPS) is 11.5. The first-order chi connectivity index (χ1) is 14.1. The quantitative estimate of drug-likeness (QED) is 0.509. The smallest absolute Gasteiger partial charge is 0.214 e. The van der Waals surface area contributed by atoms with Crippen LogP contribution < -0.4 is 10.3 Å². The Balaban J connectivity index is 1.82. The van der Waals surface area contributed by atoms with Gasteiger partial charge in [-0.05, 0) is 35.7 Å². The second kappa shape index (κ2) is 8.05. The summed E-state index contributed by atoms with van der Waals surface area (Å²) in [6.07, 6.45) is 2.45. The molecule has 0 aliphatic rings. The molecular weight excluding hydrogens is 380 g/mol. The number of anilines is 1. The lowest BCUT2D eigenvalue weighted by molar-refractivity contribution is -0.347. The van der Waals surface area contributed by atoms with Crippen LogP contribution in [0.3, 0.4) is 0 Å². The number of aromatic amines is 1. The maximum absolute atomic E-state index is 13.4. The number of sulfone groups is 1. The average molecular weight is 404 g/mol. The number of para-hydroxylation sites is 1. The Morgan fingerprint density at radius 3 is 2.24 bits per heavy atom. The summed E-state index contributed by atoms with van der Waals surface area (Å²) in [4.78, 5) is 3.68. The highest BCUT2D eigenvalue weighted by Gasteiger charge is 2.26. The lowest BCUT2D eigenvalue weighted by atomic mass is 10.1. The average Bonchev–Trinajstić information content (AvgIpc) is 2.78. The number of pyridine rings is 1. The summed E-state index contributed by atoms with van der Waals surface area (Å²) >= 11 is 0. The highest BCUT2D eigenvalue weighted by molar-refractivity contribution is 7.91. The summed E-state index contributed by atoms with van der Waals surface area (Å²) < 4.78 is 26.9. The molecule has 146 valence electrons. The fourth-order valence-corrected chi connectivity index (χ4v) is 4.80. The Morgan fingerprint density at radius 1 is 0.828 bits per heavy atom. The molecule has 0 saturated carbocycles. The van der Waals surface area contributed by atoms with E-state index in [-0.39, 0.29) is 4.90 Å². The lowest BCUT2D eigenvalue weighted by Gasteiger charge is -2.13. The molecule has 1 heterocycles. The number of hydrogen-bond donors (Lipinski definition) is 1. The minimum Gasteiger partial charge on any atom is -0.379 e. The summed E-state index contributed by atoms with van der Waals surface area (Å²) in [6, 6.07) is 24.8. The maximum Gasteiger partial charge on any atom is 0.214 e. The predicted octanol–water partition coefficient (Wildman–Crippen LogP) is 4.66. The summed E-state index contributed by atoms with van der Waals surface area (Å²) in [5, 5.41) is 4.21. The van der Waals surface area contributed by atoms with Gasteiger partial charge >= 0.3 is 0 Å².